The van der Waals surface area contributed by atoms with Crippen LogP contribution < -0.4 is 14.8 Å². The van der Waals surface area contributed by atoms with Crippen molar-refractivity contribution in [2.45, 2.75) is 47.1 Å². The normalized spacial score (nSPS) is 13.3. The predicted octanol–water partition coefficient (Wildman–Crippen LogP) is 7.59. The molecule has 1 N–H and O–H groups in total. The molecule has 1 saturated heterocycles. The van der Waals surface area contributed by atoms with Gasteiger partial charge in [0.1, 0.15) is 11.5 Å². The Balaban J connectivity index is 0.000000235. The van der Waals surface area contributed by atoms with Crippen LogP contribution in [0.25, 0.3) is 10.9 Å². The minimum Gasteiger partial charge on any atom is -0.495 e. The maximum atomic E-state index is 12.6. The number of nitrogens with zero attached hydrogens (tertiary/aromatic N) is 3. The van der Waals surface area contributed by atoms with Crippen molar-refractivity contribution in [3.05, 3.63) is 94.6 Å². The Kier molecular flexibility index (Phi) is 15.3. The van der Waals surface area contributed by atoms with Crippen molar-refractivity contribution in [1.82, 2.24) is 19.7 Å². The maximum absolute atomic E-state index is 12.6. The summed E-state index contributed by atoms with van der Waals surface area (Å²) in [6.45, 7) is 16.8. The average Bonchev–Trinajstić information content (AvgIpc) is 3.41. The average molecular weight is 635 g/mol. The van der Waals surface area contributed by atoms with Gasteiger partial charge in [0.2, 0.25) is 0 Å². The first kappa shape index (κ1) is 36.0. The fourth-order valence-electron chi connectivity index (χ4n) is 5.44. The summed E-state index contributed by atoms with van der Waals surface area (Å²) in [5.74, 6) is 1.59. The molecule has 0 radical (unpaired) electrons. The van der Waals surface area contributed by atoms with E-state index in [2.05, 4.69) is 28.1 Å². The molecule has 3 aromatic carbocycles. The van der Waals surface area contributed by atoms with Gasteiger partial charge < -0.3 is 29.2 Å². The topological polar surface area (TPSA) is 59.0 Å². The van der Waals surface area contributed by atoms with E-state index in [0.717, 1.165) is 52.6 Å². The first-order valence-electron chi connectivity index (χ1n) is 16.2. The summed E-state index contributed by atoms with van der Waals surface area (Å²) in [5.41, 5.74) is 3.87. The van der Waals surface area contributed by atoms with Crippen molar-refractivity contribution < 1.29 is 14.3 Å². The van der Waals surface area contributed by atoms with E-state index in [9.17, 15) is 4.79 Å². The molecule has 0 aliphatic carbocycles. The van der Waals surface area contributed by atoms with Crippen LogP contribution in [0.4, 0.5) is 0 Å². The Morgan fingerprint density at radius 2 is 1.60 bits per heavy atom. The van der Waals surface area contributed by atoms with Gasteiger partial charge in [-0.3, -0.25) is 4.79 Å². The summed E-state index contributed by atoms with van der Waals surface area (Å²) in [4.78, 5) is 17.7. The second-order valence-corrected chi connectivity index (χ2v) is 11.5. The third-order valence-electron chi connectivity index (χ3n) is 7.67. The number of carbonyl (C=O) groups is 1. The lowest BCUT2D eigenvalue weighted by Gasteiger charge is -2.34. The van der Waals surface area contributed by atoms with E-state index in [0.29, 0.717) is 12.1 Å². The van der Waals surface area contributed by atoms with Crippen LogP contribution in [0.1, 0.15) is 55.1 Å². The molecular formula is C37H51ClN4O3. The van der Waals surface area contributed by atoms with Crippen molar-refractivity contribution in [3.8, 4) is 11.5 Å². The predicted molar refractivity (Wildman–Crippen MR) is 188 cm³/mol. The number of para-hydroxylation sites is 1. The summed E-state index contributed by atoms with van der Waals surface area (Å²) in [5, 5.41) is 4.64. The highest BCUT2D eigenvalue weighted by atomic mass is 35.5. The molecule has 0 atom stereocenters. The molecule has 0 saturated carbocycles. The number of piperazine rings is 1. The molecule has 244 valence electrons. The van der Waals surface area contributed by atoms with Crippen LogP contribution in [0.5, 0.6) is 11.5 Å². The van der Waals surface area contributed by atoms with Crippen molar-refractivity contribution in [2.75, 3.05) is 53.0 Å². The Labute approximate surface area is 275 Å². The Hall–Kier alpha value is -3.52. The van der Waals surface area contributed by atoms with Gasteiger partial charge in [0.15, 0.2) is 0 Å². The molecule has 1 fully saturated rings. The Morgan fingerprint density at radius 3 is 2.24 bits per heavy atom. The lowest BCUT2D eigenvalue weighted by Crippen LogP contribution is -2.46. The minimum absolute atomic E-state index is 0.0784. The molecule has 45 heavy (non-hydrogen) atoms. The summed E-state index contributed by atoms with van der Waals surface area (Å²) in [6.07, 6.45) is 4.18. The van der Waals surface area contributed by atoms with Crippen LogP contribution in [-0.4, -0.2) is 73.3 Å². The van der Waals surface area contributed by atoms with Crippen molar-refractivity contribution in [2.24, 2.45) is 7.05 Å². The zero-order valence-electron chi connectivity index (χ0n) is 27.9. The molecule has 0 bridgehead atoms. The summed E-state index contributed by atoms with van der Waals surface area (Å²) in [7, 11) is 3.56. The second-order valence-electron chi connectivity index (χ2n) is 11.0. The number of benzene rings is 3. The van der Waals surface area contributed by atoms with Crippen LogP contribution in [0, 0.1) is 6.92 Å². The number of amides is 1. The van der Waals surface area contributed by atoms with Gasteiger partial charge in [-0.25, -0.2) is 0 Å². The molecule has 1 aliphatic heterocycles. The van der Waals surface area contributed by atoms with E-state index in [1.807, 2.05) is 99.2 Å². The number of hydrogen-bond acceptors (Lipinski definition) is 5. The van der Waals surface area contributed by atoms with Gasteiger partial charge in [0.25, 0.3) is 5.91 Å². The van der Waals surface area contributed by atoms with E-state index < -0.39 is 0 Å². The SMILES string of the molecule is CC.CCCN1CCN(CCCOc2ccc(Cl)cc2)CC1.COc1cccc2c(C(=O)NCc3cccc(C)c3)cn(C)c12. The standard InChI is InChI=1S/C19H20N2O2.C16H25ClN2O.C2H6/c1-13-6-4-7-14(10-13)11-20-19(22)16-12-21(2)18-15(16)8-5-9-17(18)23-3;1-2-8-18-10-12-19(13-11-18)9-3-14-20-16-6-4-15(17)5-7-16;1-2/h4-10,12H,11H2,1-3H3,(H,20,22);4-7H,2-3,8-14H2,1H3;1-2H3. The first-order valence-corrected chi connectivity index (χ1v) is 16.5. The molecular weight excluding hydrogens is 584 g/mol. The zero-order valence-corrected chi connectivity index (χ0v) is 28.7. The number of methoxy groups -OCH3 is 1. The highest BCUT2D eigenvalue weighted by Gasteiger charge is 2.17. The number of fused-ring (bicyclic) bond motifs is 1. The van der Waals surface area contributed by atoms with Gasteiger partial charge in [0.05, 0.1) is 24.8 Å². The molecule has 8 heteroatoms. The zero-order chi connectivity index (χ0) is 32.6. The molecule has 4 aromatic rings. The number of aromatic nitrogens is 1. The number of nitrogens with one attached hydrogen (secondary N) is 1. The van der Waals surface area contributed by atoms with Gasteiger partial charge in [0, 0.05) is 62.9 Å². The van der Waals surface area contributed by atoms with Crippen LogP contribution in [0.3, 0.4) is 0 Å². The van der Waals surface area contributed by atoms with Crippen LogP contribution >= 0.6 is 11.6 Å². The fourth-order valence-corrected chi connectivity index (χ4v) is 5.56. The van der Waals surface area contributed by atoms with E-state index in [1.165, 1.54) is 44.7 Å². The molecule has 0 unspecified atom stereocenters. The number of halogens is 1. The second kappa shape index (κ2) is 19.1. The largest absolute Gasteiger partial charge is 0.495 e. The number of hydrogen-bond donors (Lipinski definition) is 1. The van der Waals surface area contributed by atoms with Gasteiger partial charge in [-0.15, -0.1) is 0 Å². The van der Waals surface area contributed by atoms with Gasteiger partial charge in [-0.1, -0.05) is 74.3 Å². The molecule has 5 rings (SSSR count). The lowest BCUT2D eigenvalue weighted by molar-refractivity contribution is 0.0952. The van der Waals surface area contributed by atoms with Gasteiger partial charge >= 0.3 is 0 Å². The van der Waals surface area contributed by atoms with Crippen LogP contribution in [-0.2, 0) is 13.6 Å². The number of aryl methyl sites for hydroxylation is 2. The summed E-state index contributed by atoms with van der Waals surface area (Å²) >= 11 is 5.84. The highest BCUT2D eigenvalue weighted by Crippen LogP contribution is 2.29. The van der Waals surface area contributed by atoms with Gasteiger partial charge in [-0.2, -0.15) is 0 Å². The molecule has 1 amide bonds. The Bertz CT molecular complexity index is 1450. The van der Waals surface area contributed by atoms with Crippen molar-refractivity contribution in [3.63, 3.8) is 0 Å². The van der Waals surface area contributed by atoms with Crippen LogP contribution in [0.15, 0.2) is 72.9 Å². The molecule has 7 nitrogen and oxygen atoms in total. The Morgan fingerprint density at radius 1 is 0.933 bits per heavy atom. The smallest absolute Gasteiger partial charge is 0.253 e. The molecule has 2 heterocycles. The number of ether oxygens (including phenoxy) is 2. The third kappa shape index (κ3) is 11.1. The quantitative estimate of drug-likeness (QED) is 0.172. The first-order chi connectivity index (χ1) is 21.9. The van der Waals surface area contributed by atoms with Crippen LogP contribution in [0.2, 0.25) is 5.02 Å². The maximum Gasteiger partial charge on any atom is 0.253 e. The number of carbonyl (C=O) groups excluding carboxylic acids is 1. The highest BCUT2D eigenvalue weighted by molar-refractivity contribution is 6.30. The minimum atomic E-state index is -0.0784. The number of rotatable bonds is 11. The monoisotopic (exact) mass is 634 g/mol. The van der Waals surface area contributed by atoms with Crippen molar-refractivity contribution >= 4 is 28.4 Å². The van der Waals surface area contributed by atoms with Gasteiger partial charge in [-0.05, 0) is 62.2 Å². The van der Waals surface area contributed by atoms with E-state index >= 15 is 0 Å². The van der Waals surface area contributed by atoms with E-state index in [4.69, 9.17) is 21.1 Å². The van der Waals surface area contributed by atoms with E-state index in [1.54, 1.807) is 7.11 Å². The molecule has 1 aromatic heterocycles. The third-order valence-corrected chi connectivity index (χ3v) is 7.92. The molecule has 1 aliphatic rings. The summed E-state index contributed by atoms with van der Waals surface area (Å²) < 4.78 is 13.0. The van der Waals surface area contributed by atoms with E-state index in [-0.39, 0.29) is 5.91 Å². The lowest BCUT2D eigenvalue weighted by atomic mass is 10.1. The van der Waals surface area contributed by atoms with Crippen molar-refractivity contribution in [1.29, 1.82) is 0 Å². The molecule has 0 spiro atoms. The summed E-state index contributed by atoms with van der Waals surface area (Å²) in [6, 6.07) is 21.5. The fraction of sp³-hybridized carbons (Fsp3) is 0.432.